The van der Waals surface area contributed by atoms with E-state index >= 15 is 0 Å². The molecule has 6 rings (SSSR count). The van der Waals surface area contributed by atoms with Crippen LogP contribution in [0.5, 0.6) is 0 Å². The van der Waals surface area contributed by atoms with Gasteiger partial charge in [0.2, 0.25) is 5.78 Å². The van der Waals surface area contributed by atoms with Gasteiger partial charge in [-0.1, -0.05) is 36.4 Å². The van der Waals surface area contributed by atoms with E-state index in [0.717, 1.165) is 39.7 Å². The second-order valence-corrected chi connectivity index (χ2v) is 7.50. The molecule has 1 N–H and O–H groups in total. The summed E-state index contributed by atoms with van der Waals surface area (Å²) in [5, 5.41) is 12.4. The SMILES string of the molecule is O=C(Cc1ccc(-c2nnc3n2-c2cccnc2Nc2ccccc2-3)cc1)c1ccco1. The minimum absolute atomic E-state index is 0.0539. The lowest BCUT2D eigenvalue weighted by Gasteiger charge is -2.11. The number of anilines is 2. The molecular formula is C25H17N5O2. The summed E-state index contributed by atoms with van der Waals surface area (Å²) < 4.78 is 7.22. The summed E-state index contributed by atoms with van der Waals surface area (Å²) in [7, 11) is 0. The fraction of sp³-hybridized carbons (Fsp3) is 0.0400. The standard InChI is InChI=1S/C25H17N5O2/c31-21(22-8-4-14-32-22)15-16-9-11-17(12-10-16)24-28-29-25-18-5-1-2-6-19(18)27-23-20(30(24)25)7-3-13-26-23/h1-14H,15H2,(H,26,27). The van der Waals surface area contributed by atoms with Crippen LogP contribution in [0.1, 0.15) is 16.1 Å². The number of rotatable bonds is 4. The monoisotopic (exact) mass is 419 g/mol. The van der Waals surface area contributed by atoms with Crippen molar-refractivity contribution >= 4 is 17.3 Å². The smallest absolute Gasteiger partial charge is 0.202 e. The number of benzene rings is 2. The average Bonchev–Trinajstić information content (AvgIpc) is 3.49. The molecule has 0 atom stereocenters. The quantitative estimate of drug-likeness (QED) is 0.402. The Labute approximate surface area is 183 Å². The molecule has 32 heavy (non-hydrogen) atoms. The third kappa shape index (κ3) is 2.99. The largest absolute Gasteiger partial charge is 0.461 e. The Morgan fingerprint density at radius 1 is 0.906 bits per heavy atom. The van der Waals surface area contributed by atoms with Gasteiger partial charge in [0.05, 0.1) is 17.6 Å². The number of furan rings is 1. The molecule has 0 spiro atoms. The third-order valence-electron chi connectivity index (χ3n) is 5.48. The molecule has 7 heteroatoms. The van der Waals surface area contributed by atoms with Gasteiger partial charge in [-0.25, -0.2) is 4.98 Å². The van der Waals surface area contributed by atoms with Crippen LogP contribution in [0.25, 0.3) is 28.5 Å². The maximum Gasteiger partial charge on any atom is 0.202 e. The molecule has 0 fully saturated rings. The maximum atomic E-state index is 12.3. The second kappa shape index (κ2) is 7.31. The summed E-state index contributed by atoms with van der Waals surface area (Å²) in [6.07, 6.45) is 3.54. The number of pyridine rings is 1. The molecule has 0 bridgehead atoms. The highest BCUT2D eigenvalue weighted by Crippen LogP contribution is 2.38. The summed E-state index contributed by atoms with van der Waals surface area (Å²) in [4.78, 5) is 16.9. The first-order valence-corrected chi connectivity index (χ1v) is 10.2. The zero-order chi connectivity index (χ0) is 21.5. The number of para-hydroxylation sites is 1. The Bertz CT molecular complexity index is 1440. The van der Waals surface area contributed by atoms with Gasteiger partial charge in [-0.15, -0.1) is 10.2 Å². The summed E-state index contributed by atoms with van der Waals surface area (Å²) in [6, 6.07) is 23.1. The van der Waals surface area contributed by atoms with Crippen molar-refractivity contribution in [3.63, 3.8) is 0 Å². The van der Waals surface area contributed by atoms with Gasteiger partial charge >= 0.3 is 0 Å². The van der Waals surface area contributed by atoms with Crippen molar-refractivity contribution in [2.75, 3.05) is 5.32 Å². The molecule has 7 nitrogen and oxygen atoms in total. The van der Waals surface area contributed by atoms with Crippen LogP contribution in [0.4, 0.5) is 11.5 Å². The molecular weight excluding hydrogens is 402 g/mol. The fourth-order valence-electron chi connectivity index (χ4n) is 3.94. The number of carbonyl (C=O) groups is 1. The Hall–Kier alpha value is -4.52. The molecule has 0 aliphatic carbocycles. The normalized spacial score (nSPS) is 11.6. The molecule has 4 heterocycles. The van der Waals surface area contributed by atoms with E-state index < -0.39 is 0 Å². The predicted molar refractivity (Wildman–Crippen MR) is 120 cm³/mol. The van der Waals surface area contributed by atoms with Gasteiger partial charge in [0.1, 0.15) is 0 Å². The van der Waals surface area contributed by atoms with Crippen molar-refractivity contribution < 1.29 is 9.21 Å². The zero-order valence-corrected chi connectivity index (χ0v) is 16.9. The van der Waals surface area contributed by atoms with Crippen molar-refractivity contribution in [3.05, 3.63) is 96.6 Å². The second-order valence-electron chi connectivity index (χ2n) is 7.50. The van der Waals surface area contributed by atoms with E-state index in [0.29, 0.717) is 11.6 Å². The summed E-state index contributed by atoms with van der Waals surface area (Å²) in [5.74, 6) is 2.50. The molecule has 1 aliphatic rings. The molecule has 154 valence electrons. The fourth-order valence-corrected chi connectivity index (χ4v) is 3.94. The van der Waals surface area contributed by atoms with E-state index in [2.05, 4.69) is 20.5 Å². The van der Waals surface area contributed by atoms with E-state index in [-0.39, 0.29) is 12.2 Å². The van der Waals surface area contributed by atoms with Gasteiger partial charge in [0, 0.05) is 23.7 Å². The highest BCUT2D eigenvalue weighted by atomic mass is 16.3. The molecule has 0 saturated carbocycles. The van der Waals surface area contributed by atoms with Gasteiger partial charge in [0.25, 0.3) is 0 Å². The van der Waals surface area contributed by atoms with Crippen LogP contribution in [-0.2, 0) is 6.42 Å². The van der Waals surface area contributed by atoms with Crippen molar-refractivity contribution in [2.45, 2.75) is 6.42 Å². The molecule has 0 saturated heterocycles. The number of nitrogens with zero attached hydrogens (tertiary/aromatic N) is 4. The van der Waals surface area contributed by atoms with Gasteiger partial charge in [-0.3, -0.25) is 9.36 Å². The lowest BCUT2D eigenvalue weighted by atomic mass is 10.1. The number of Topliss-reactive ketones (excluding diaryl/α,β-unsaturated/α-hetero) is 1. The van der Waals surface area contributed by atoms with Crippen LogP contribution in [-0.4, -0.2) is 25.5 Å². The highest BCUT2D eigenvalue weighted by molar-refractivity contribution is 5.95. The minimum Gasteiger partial charge on any atom is -0.461 e. The lowest BCUT2D eigenvalue weighted by Crippen LogP contribution is -2.03. The topological polar surface area (TPSA) is 85.8 Å². The molecule has 5 aromatic rings. The summed E-state index contributed by atoms with van der Waals surface area (Å²) in [5.41, 5.74) is 4.55. The van der Waals surface area contributed by atoms with Crippen LogP contribution in [0.15, 0.2) is 89.7 Å². The number of ketones is 1. The van der Waals surface area contributed by atoms with E-state index in [4.69, 9.17) is 4.42 Å². The van der Waals surface area contributed by atoms with Crippen molar-refractivity contribution in [2.24, 2.45) is 0 Å². The van der Waals surface area contributed by atoms with Crippen LogP contribution >= 0.6 is 0 Å². The summed E-state index contributed by atoms with van der Waals surface area (Å²) >= 11 is 0. The van der Waals surface area contributed by atoms with E-state index in [1.165, 1.54) is 6.26 Å². The number of carbonyl (C=O) groups excluding carboxylic acids is 1. The van der Waals surface area contributed by atoms with Gasteiger partial charge in [-0.2, -0.15) is 0 Å². The van der Waals surface area contributed by atoms with Crippen LogP contribution in [0.2, 0.25) is 0 Å². The number of hydrogen-bond acceptors (Lipinski definition) is 6. The Morgan fingerprint density at radius 2 is 1.75 bits per heavy atom. The van der Waals surface area contributed by atoms with Gasteiger partial charge < -0.3 is 9.73 Å². The molecule has 0 amide bonds. The van der Waals surface area contributed by atoms with Crippen molar-refractivity contribution in [1.29, 1.82) is 0 Å². The van der Waals surface area contributed by atoms with Crippen molar-refractivity contribution in [3.8, 4) is 28.5 Å². The molecule has 2 aromatic carbocycles. The number of fused-ring (bicyclic) bond motifs is 5. The third-order valence-corrected chi connectivity index (χ3v) is 5.48. The average molecular weight is 419 g/mol. The maximum absolute atomic E-state index is 12.3. The van der Waals surface area contributed by atoms with E-state index in [9.17, 15) is 4.79 Å². The van der Waals surface area contributed by atoms with Gasteiger partial charge in [0.15, 0.2) is 23.2 Å². The number of aromatic nitrogens is 4. The first-order chi connectivity index (χ1) is 15.8. The molecule has 1 aliphatic heterocycles. The number of nitrogens with one attached hydrogen (secondary N) is 1. The van der Waals surface area contributed by atoms with Gasteiger partial charge in [-0.05, 0) is 42.0 Å². The highest BCUT2D eigenvalue weighted by Gasteiger charge is 2.24. The Balaban J connectivity index is 1.42. The van der Waals surface area contributed by atoms with Crippen LogP contribution < -0.4 is 5.32 Å². The first kappa shape index (κ1) is 18.3. The van der Waals surface area contributed by atoms with E-state index in [1.807, 2.05) is 65.2 Å². The van der Waals surface area contributed by atoms with Crippen LogP contribution in [0.3, 0.4) is 0 Å². The molecule has 3 aromatic heterocycles. The van der Waals surface area contributed by atoms with E-state index in [1.54, 1.807) is 18.3 Å². The Kier molecular flexibility index (Phi) is 4.18. The Morgan fingerprint density at radius 3 is 2.59 bits per heavy atom. The molecule has 0 unspecified atom stereocenters. The zero-order valence-electron chi connectivity index (χ0n) is 16.9. The molecule has 0 radical (unpaired) electrons. The minimum atomic E-state index is -0.0539. The van der Waals surface area contributed by atoms with Crippen LogP contribution in [0, 0.1) is 0 Å². The first-order valence-electron chi connectivity index (χ1n) is 10.2. The van der Waals surface area contributed by atoms with Crippen molar-refractivity contribution in [1.82, 2.24) is 19.7 Å². The summed E-state index contributed by atoms with van der Waals surface area (Å²) in [6.45, 7) is 0. The predicted octanol–water partition coefficient (Wildman–Crippen LogP) is 5.07. The lowest BCUT2D eigenvalue weighted by molar-refractivity contribution is 0.0966. The number of hydrogen-bond donors (Lipinski definition) is 1.